The molecule has 0 bridgehead atoms. The van der Waals surface area contributed by atoms with E-state index in [1.807, 2.05) is 0 Å². The van der Waals surface area contributed by atoms with Crippen LogP contribution in [0, 0.1) is 0 Å². The summed E-state index contributed by atoms with van der Waals surface area (Å²) >= 11 is 0. The number of amides is 2. The van der Waals surface area contributed by atoms with E-state index in [9.17, 15) is 9.59 Å². The Labute approximate surface area is 115 Å². The van der Waals surface area contributed by atoms with Gasteiger partial charge in [-0.2, -0.15) is 0 Å². The number of hydrogen-bond donors (Lipinski definition) is 4. The van der Waals surface area contributed by atoms with Gasteiger partial charge in [0.2, 0.25) is 0 Å². The van der Waals surface area contributed by atoms with Gasteiger partial charge in [-0.25, -0.2) is 9.59 Å². The second-order valence-corrected chi connectivity index (χ2v) is 3.93. The Balaban J connectivity index is 2.59. The molecule has 110 valence electrons. The molecule has 0 radical (unpaired) electrons. The molecular formula is C12H17N3O5. The number of pyridine rings is 1. The minimum absolute atomic E-state index is 0.0628. The van der Waals surface area contributed by atoms with Crippen LogP contribution in [-0.4, -0.2) is 63.5 Å². The summed E-state index contributed by atoms with van der Waals surface area (Å²) in [4.78, 5) is 27.8. The molecular weight excluding hydrogens is 266 g/mol. The van der Waals surface area contributed by atoms with Gasteiger partial charge in [0.25, 0.3) is 0 Å². The summed E-state index contributed by atoms with van der Waals surface area (Å²) in [6.07, 6.45) is 1.35. The van der Waals surface area contributed by atoms with Crippen molar-refractivity contribution in [3.63, 3.8) is 0 Å². The second kappa shape index (κ2) is 8.08. The molecule has 1 rings (SSSR count). The Hall–Kier alpha value is -2.19. The first-order valence-electron chi connectivity index (χ1n) is 6.01. The van der Waals surface area contributed by atoms with E-state index in [2.05, 4.69) is 10.3 Å². The molecule has 4 N–H and O–H groups in total. The number of hydrogen-bond acceptors (Lipinski definition) is 5. The minimum atomic E-state index is -1.07. The maximum atomic E-state index is 11.8. The Morgan fingerprint density at radius 1 is 1.25 bits per heavy atom. The third-order valence-electron chi connectivity index (χ3n) is 2.51. The molecule has 0 aliphatic heterocycles. The zero-order chi connectivity index (χ0) is 15.0. The van der Waals surface area contributed by atoms with Crippen LogP contribution in [-0.2, 0) is 6.54 Å². The normalized spacial score (nSPS) is 10.1. The van der Waals surface area contributed by atoms with Crippen molar-refractivity contribution >= 4 is 12.0 Å². The largest absolute Gasteiger partial charge is 0.478 e. The van der Waals surface area contributed by atoms with Crippen molar-refractivity contribution < 1.29 is 24.9 Å². The maximum absolute atomic E-state index is 11.8. The molecule has 0 saturated carbocycles. The lowest BCUT2D eigenvalue weighted by molar-refractivity contribution is 0.0696. The molecule has 0 spiro atoms. The van der Waals surface area contributed by atoms with E-state index in [1.165, 1.54) is 23.2 Å². The van der Waals surface area contributed by atoms with Gasteiger partial charge in [-0.3, -0.25) is 4.98 Å². The predicted molar refractivity (Wildman–Crippen MR) is 69.2 cm³/mol. The number of carbonyl (C=O) groups is 2. The number of carboxylic acids is 1. The van der Waals surface area contributed by atoms with Crippen molar-refractivity contribution in [1.29, 1.82) is 0 Å². The summed E-state index contributed by atoms with van der Waals surface area (Å²) < 4.78 is 0. The average Bonchev–Trinajstić information content (AvgIpc) is 2.45. The van der Waals surface area contributed by atoms with Crippen LogP contribution in [0.4, 0.5) is 4.79 Å². The van der Waals surface area contributed by atoms with Gasteiger partial charge in [0.15, 0.2) is 0 Å². The number of carboxylic acid groups (broad SMARTS) is 1. The summed E-state index contributed by atoms with van der Waals surface area (Å²) in [5, 5.41) is 29.0. The third-order valence-corrected chi connectivity index (χ3v) is 2.51. The Bertz CT molecular complexity index is 460. The van der Waals surface area contributed by atoms with Crippen LogP contribution < -0.4 is 5.32 Å². The van der Waals surface area contributed by atoms with Crippen LogP contribution >= 0.6 is 0 Å². The van der Waals surface area contributed by atoms with Crippen LogP contribution in [0.2, 0.25) is 0 Å². The summed E-state index contributed by atoms with van der Waals surface area (Å²) in [6, 6.07) is 2.26. The van der Waals surface area contributed by atoms with Gasteiger partial charge in [0.05, 0.1) is 31.0 Å². The average molecular weight is 283 g/mol. The highest BCUT2D eigenvalue weighted by atomic mass is 16.4. The van der Waals surface area contributed by atoms with Crippen molar-refractivity contribution in [2.75, 3.05) is 26.3 Å². The number of aliphatic hydroxyl groups is 2. The summed E-state index contributed by atoms with van der Waals surface area (Å²) in [5.74, 6) is -1.07. The minimum Gasteiger partial charge on any atom is -0.478 e. The van der Waals surface area contributed by atoms with E-state index in [4.69, 9.17) is 15.3 Å². The molecule has 20 heavy (non-hydrogen) atoms. The fourth-order valence-corrected chi connectivity index (χ4v) is 1.54. The molecule has 8 nitrogen and oxygen atoms in total. The second-order valence-electron chi connectivity index (χ2n) is 3.93. The molecule has 0 aliphatic rings. The lowest BCUT2D eigenvalue weighted by Crippen LogP contribution is -2.42. The first kappa shape index (κ1) is 15.9. The zero-order valence-corrected chi connectivity index (χ0v) is 10.8. The Kier molecular flexibility index (Phi) is 6.41. The van der Waals surface area contributed by atoms with Gasteiger partial charge in [-0.1, -0.05) is 0 Å². The molecule has 1 aromatic heterocycles. The van der Waals surface area contributed by atoms with E-state index in [-0.39, 0.29) is 38.4 Å². The van der Waals surface area contributed by atoms with Crippen LogP contribution in [0.3, 0.4) is 0 Å². The van der Waals surface area contributed by atoms with Crippen molar-refractivity contribution in [2.45, 2.75) is 6.54 Å². The highest BCUT2D eigenvalue weighted by molar-refractivity contribution is 5.87. The van der Waals surface area contributed by atoms with Crippen molar-refractivity contribution in [2.24, 2.45) is 0 Å². The van der Waals surface area contributed by atoms with Gasteiger partial charge < -0.3 is 25.5 Å². The molecule has 0 atom stereocenters. The molecule has 0 saturated heterocycles. The molecule has 0 unspecified atom stereocenters. The molecule has 1 heterocycles. The van der Waals surface area contributed by atoms with Crippen LogP contribution in [0.5, 0.6) is 0 Å². The predicted octanol–water partition coefficient (Wildman–Crippen LogP) is -0.724. The number of nitrogens with zero attached hydrogens (tertiary/aromatic N) is 2. The van der Waals surface area contributed by atoms with Crippen molar-refractivity contribution in [3.8, 4) is 0 Å². The van der Waals surface area contributed by atoms with Gasteiger partial charge >= 0.3 is 12.0 Å². The van der Waals surface area contributed by atoms with E-state index in [0.717, 1.165) is 0 Å². The monoisotopic (exact) mass is 283 g/mol. The lowest BCUT2D eigenvalue weighted by Gasteiger charge is -2.20. The number of aromatic nitrogens is 1. The summed E-state index contributed by atoms with van der Waals surface area (Å²) in [6.45, 7) is -0.141. The third kappa shape index (κ3) is 4.82. The standard InChI is InChI=1S/C12H17N3O5/c16-5-3-15(4-6-17)12(20)14-8-10-7-9(11(18)19)1-2-13-10/h1-2,7,16-17H,3-6,8H2,(H,14,20)(H,18,19). The number of urea groups is 1. The first-order chi connectivity index (χ1) is 9.58. The number of carbonyl (C=O) groups excluding carboxylic acids is 1. The molecule has 0 aromatic carbocycles. The number of nitrogens with one attached hydrogen (secondary N) is 1. The smallest absolute Gasteiger partial charge is 0.335 e. The van der Waals surface area contributed by atoms with Gasteiger partial charge in [-0.05, 0) is 12.1 Å². The Morgan fingerprint density at radius 2 is 1.90 bits per heavy atom. The summed E-state index contributed by atoms with van der Waals surface area (Å²) in [5.41, 5.74) is 0.498. The fourth-order valence-electron chi connectivity index (χ4n) is 1.54. The van der Waals surface area contributed by atoms with E-state index >= 15 is 0 Å². The van der Waals surface area contributed by atoms with Crippen molar-refractivity contribution in [3.05, 3.63) is 29.6 Å². The van der Waals surface area contributed by atoms with E-state index in [0.29, 0.717) is 5.69 Å². The zero-order valence-electron chi connectivity index (χ0n) is 10.8. The highest BCUT2D eigenvalue weighted by Crippen LogP contribution is 2.02. The van der Waals surface area contributed by atoms with Gasteiger partial charge in [-0.15, -0.1) is 0 Å². The lowest BCUT2D eigenvalue weighted by atomic mass is 10.2. The quantitative estimate of drug-likeness (QED) is 0.523. The molecule has 2 amide bonds. The highest BCUT2D eigenvalue weighted by Gasteiger charge is 2.12. The van der Waals surface area contributed by atoms with Crippen LogP contribution in [0.15, 0.2) is 18.3 Å². The SMILES string of the molecule is O=C(O)c1ccnc(CNC(=O)N(CCO)CCO)c1. The maximum Gasteiger partial charge on any atom is 0.335 e. The van der Waals surface area contributed by atoms with Crippen LogP contribution in [0.25, 0.3) is 0 Å². The topological polar surface area (TPSA) is 123 Å². The van der Waals surface area contributed by atoms with E-state index < -0.39 is 12.0 Å². The molecule has 0 aliphatic carbocycles. The molecule has 8 heteroatoms. The summed E-state index contributed by atoms with van der Waals surface area (Å²) in [7, 11) is 0. The van der Waals surface area contributed by atoms with Gasteiger partial charge in [0, 0.05) is 19.3 Å². The first-order valence-corrected chi connectivity index (χ1v) is 6.01. The number of aliphatic hydroxyl groups excluding tert-OH is 2. The Morgan fingerprint density at radius 3 is 2.45 bits per heavy atom. The van der Waals surface area contributed by atoms with Crippen LogP contribution in [0.1, 0.15) is 16.1 Å². The van der Waals surface area contributed by atoms with Crippen molar-refractivity contribution in [1.82, 2.24) is 15.2 Å². The number of rotatable bonds is 7. The fraction of sp³-hybridized carbons (Fsp3) is 0.417. The number of aromatic carboxylic acids is 1. The molecule has 0 fully saturated rings. The molecule has 1 aromatic rings. The van der Waals surface area contributed by atoms with Gasteiger partial charge in [0.1, 0.15) is 0 Å². The van der Waals surface area contributed by atoms with E-state index in [1.54, 1.807) is 0 Å².